The van der Waals surface area contributed by atoms with Crippen molar-refractivity contribution in [2.24, 2.45) is 0 Å². The van der Waals surface area contributed by atoms with Gasteiger partial charge in [-0.3, -0.25) is 4.79 Å². The fraction of sp³-hybridized carbons (Fsp3) is 0.192. The monoisotopic (exact) mass is 444 g/mol. The summed E-state index contributed by atoms with van der Waals surface area (Å²) in [6, 6.07) is 19.4. The third-order valence-corrected chi connectivity index (χ3v) is 5.52. The maximum absolute atomic E-state index is 12.4. The highest BCUT2D eigenvalue weighted by atomic mass is 35.5. The first-order chi connectivity index (χ1) is 15.5. The second-order valence-electron chi connectivity index (χ2n) is 7.79. The van der Waals surface area contributed by atoms with E-state index >= 15 is 0 Å². The second-order valence-corrected chi connectivity index (χ2v) is 8.23. The molecular formula is C26H25ClN4O. The number of nitrogens with zero attached hydrogens (tertiary/aromatic N) is 3. The van der Waals surface area contributed by atoms with E-state index in [0.717, 1.165) is 34.3 Å². The number of hydrogen-bond donors (Lipinski definition) is 1. The maximum Gasteiger partial charge on any atom is 0.248 e. The summed E-state index contributed by atoms with van der Waals surface area (Å²) in [5.74, 6) is -0.211. The Labute approximate surface area is 192 Å². The summed E-state index contributed by atoms with van der Waals surface area (Å²) in [6.07, 6.45) is 6.71. The molecule has 0 saturated heterocycles. The molecule has 4 rings (SSSR count). The topological polar surface area (TPSA) is 59.8 Å². The van der Waals surface area contributed by atoms with Crippen LogP contribution in [0.1, 0.15) is 36.5 Å². The summed E-state index contributed by atoms with van der Waals surface area (Å²) >= 11 is 5.90. The number of hydrogen-bond acceptors (Lipinski definition) is 3. The minimum atomic E-state index is -0.211. The highest BCUT2D eigenvalue weighted by Crippen LogP contribution is 2.22. The van der Waals surface area contributed by atoms with Gasteiger partial charge in [-0.15, -0.1) is 10.2 Å². The van der Waals surface area contributed by atoms with Crippen LogP contribution < -0.4 is 5.32 Å². The molecule has 0 aliphatic rings. The Hall–Kier alpha value is -3.44. The number of halogens is 1. The van der Waals surface area contributed by atoms with Gasteiger partial charge in [0.1, 0.15) is 11.0 Å². The van der Waals surface area contributed by atoms with Crippen molar-refractivity contribution in [2.75, 3.05) is 5.32 Å². The fourth-order valence-electron chi connectivity index (χ4n) is 3.42. The Morgan fingerprint density at radius 3 is 2.41 bits per heavy atom. The molecule has 162 valence electrons. The number of fused-ring (bicyclic) bond motifs is 1. The van der Waals surface area contributed by atoms with E-state index in [2.05, 4.69) is 34.6 Å². The first-order valence-corrected chi connectivity index (χ1v) is 11.1. The van der Waals surface area contributed by atoms with E-state index in [1.165, 1.54) is 24.5 Å². The molecule has 0 aliphatic heterocycles. The van der Waals surface area contributed by atoms with Crippen LogP contribution in [0.5, 0.6) is 0 Å². The molecular weight excluding hydrogens is 420 g/mol. The third kappa shape index (κ3) is 5.24. The van der Waals surface area contributed by atoms with Crippen LogP contribution in [-0.2, 0) is 11.2 Å². The summed E-state index contributed by atoms with van der Waals surface area (Å²) in [5.41, 5.74) is 6.28. The molecule has 6 heteroatoms. The van der Waals surface area contributed by atoms with Gasteiger partial charge in [0.25, 0.3) is 0 Å². The molecule has 1 N–H and O–H groups in total. The molecule has 0 saturated carbocycles. The molecule has 0 aliphatic carbocycles. The number of aromatic nitrogens is 3. The van der Waals surface area contributed by atoms with Crippen LogP contribution in [0.3, 0.4) is 0 Å². The summed E-state index contributed by atoms with van der Waals surface area (Å²) < 4.78 is 0. The van der Waals surface area contributed by atoms with Crippen LogP contribution in [-0.4, -0.2) is 20.9 Å². The molecule has 0 bridgehead atoms. The molecule has 0 spiro atoms. The lowest BCUT2D eigenvalue weighted by Gasteiger charge is -2.05. The quantitative estimate of drug-likeness (QED) is 0.336. The van der Waals surface area contributed by atoms with Gasteiger partial charge in [-0.1, -0.05) is 49.2 Å². The van der Waals surface area contributed by atoms with Crippen molar-refractivity contribution >= 4 is 40.3 Å². The van der Waals surface area contributed by atoms with Crippen molar-refractivity contribution in [2.45, 2.75) is 33.1 Å². The molecule has 1 heterocycles. The SMILES string of the molecule is CCCCc1ccc(-n2nc3cc(C)c(NC(=O)/C=C/c4ccc(Cl)cc4)cc3n2)cc1. The van der Waals surface area contributed by atoms with Gasteiger partial charge >= 0.3 is 0 Å². The van der Waals surface area contributed by atoms with Crippen molar-refractivity contribution in [1.82, 2.24) is 15.0 Å². The lowest BCUT2D eigenvalue weighted by atomic mass is 10.1. The Morgan fingerprint density at radius 2 is 1.72 bits per heavy atom. The van der Waals surface area contributed by atoms with E-state index in [9.17, 15) is 4.79 Å². The van der Waals surface area contributed by atoms with Crippen LogP contribution in [0.2, 0.25) is 5.02 Å². The predicted molar refractivity (Wildman–Crippen MR) is 131 cm³/mol. The highest BCUT2D eigenvalue weighted by molar-refractivity contribution is 6.30. The average Bonchev–Trinajstić information content (AvgIpc) is 3.20. The number of unbranched alkanes of at least 4 members (excludes halogenated alkanes) is 1. The standard InChI is InChI=1S/C26H25ClN4O/c1-3-4-5-19-8-13-22(14-9-19)31-29-24-16-18(2)23(17-25(24)30-31)28-26(32)15-10-20-6-11-21(27)12-7-20/h6-17H,3-5H2,1-2H3,(H,28,32)/b15-10+. The smallest absolute Gasteiger partial charge is 0.248 e. The molecule has 0 unspecified atom stereocenters. The number of aryl methyl sites for hydroxylation is 2. The molecule has 0 radical (unpaired) electrons. The Balaban J connectivity index is 1.50. The summed E-state index contributed by atoms with van der Waals surface area (Å²) in [5, 5.41) is 12.8. The van der Waals surface area contributed by atoms with Crippen molar-refractivity contribution in [1.29, 1.82) is 0 Å². The van der Waals surface area contributed by atoms with E-state index in [0.29, 0.717) is 10.7 Å². The zero-order chi connectivity index (χ0) is 22.5. The third-order valence-electron chi connectivity index (χ3n) is 5.27. The minimum absolute atomic E-state index is 0.211. The van der Waals surface area contributed by atoms with E-state index in [-0.39, 0.29) is 5.91 Å². The van der Waals surface area contributed by atoms with Crippen LogP contribution in [0.15, 0.2) is 66.7 Å². The Morgan fingerprint density at radius 1 is 1.03 bits per heavy atom. The van der Waals surface area contributed by atoms with Crippen molar-refractivity contribution < 1.29 is 4.79 Å². The summed E-state index contributed by atoms with van der Waals surface area (Å²) in [6.45, 7) is 4.14. The van der Waals surface area contributed by atoms with Gasteiger partial charge in [-0.2, -0.15) is 4.80 Å². The zero-order valence-corrected chi connectivity index (χ0v) is 18.9. The molecule has 4 aromatic rings. The van der Waals surface area contributed by atoms with E-state index in [1.807, 2.05) is 43.3 Å². The van der Waals surface area contributed by atoms with Gasteiger partial charge < -0.3 is 5.32 Å². The minimum Gasteiger partial charge on any atom is -0.322 e. The molecule has 5 nitrogen and oxygen atoms in total. The normalized spacial score (nSPS) is 11.3. The largest absolute Gasteiger partial charge is 0.322 e. The predicted octanol–water partition coefficient (Wildman–Crippen LogP) is 6.38. The van der Waals surface area contributed by atoms with Crippen LogP contribution in [0.4, 0.5) is 5.69 Å². The average molecular weight is 445 g/mol. The number of nitrogens with one attached hydrogen (secondary N) is 1. The van der Waals surface area contributed by atoms with Gasteiger partial charge in [0, 0.05) is 16.8 Å². The van der Waals surface area contributed by atoms with Crippen LogP contribution in [0.25, 0.3) is 22.8 Å². The number of rotatable bonds is 7. The first-order valence-electron chi connectivity index (χ1n) is 10.7. The number of anilines is 1. The van der Waals surface area contributed by atoms with E-state index in [4.69, 9.17) is 11.6 Å². The van der Waals surface area contributed by atoms with Gasteiger partial charge in [-0.05, 0) is 78.9 Å². The molecule has 32 heavy (non-hydrogen) atoms. The van der Waals surface area contributed by atoms with Crippen molar-refractivity contribution in [3.05, 3.63) is 88.5 Å². The van der Waals surface area contributed by atoms with Crippen molar-refractivity contribution in [3.8, 4) is 5.69 Å². The number of carbonyl (C=O) groups excluding carboxylic acids is 1. The zero-order valence-electron chi connectivity index (χ0n) is 18.2. The first kappa shape index (κ1) is 21.8. The van der Waals surface area contributed by atoms with Crippen LogP contribution >= 0.6 is 11.6 Å². The molecule has 1 aromatic heterocycles. The Bertz CT molecular complexity index is 1260. The van der Waals surface area contributed by atoms with Gasteiger partial charge in [0.15, 0.2) is 0 Å². The molecule has 1 amide bonds. The maximum atomic E-state index is 12.4. The lowest BCUT2D eigenvalue weighted by Crippen LogP contribution is -2.08. The summed E-state index contributed by atoms with van der Waals surface area (Å²) in [7, 11) is 0. The number of amides is 1. The molecule has 0 fully saturated rings. The van der Waals surface area contributed by atoms with Crippen LogP contribution in [0, 0.1) is 6.92 Å². The lowest BCUT2D eigenvalue weighted by molar-refractivity contribution is -0.111. The Kier molecular flexibility index (Phi) is 6.66. The number of carbonyl (C=O) groups is 1. The number of benzene rings is 3. The fourth-order valence-corrected chi connectivity index (χ4v) is 3.54. The second kappa shape index (κ2) is 9.79. The van der Waals surface area contributed by atoms with E-state index in [1.54, 1.807) is 23.0 Å². The van der Waals surface area contributed by atoms with Gasteiger partial charge in [-0.25, -0.2) is 0 Å². The molecule has 3 aromatic carbocycles. The molecule has 0 atom stereocenters. The van der Waals surface area contributed by atoms with Crippen molar-refractivity contribution in [3.63, 3.8) is 0 Å². The van der Waals surface area contributed by atoms with E-state index < -0.39 is 0 Å². The van der Waals surface area contributed by atoms with Gasteiger partial charge in [0.05, 0.1) is 5.69 Å². The highest BCUT2D eigenvalue weighted by Gasteiger charge is 2.10. The van der Waals surface area contributed by atoms with Gasteiger partial charge in [0.2, 0.25) is 5.91 Å². The summed E-state index contributed by atoms with van der Waals surface area (Å²) in [4.78, 5) is 14.0.